The standard InChI is InChI=1S/C15H28N2O/c1-2-3-8-14(16)15(18)17-10-9-12-6-4-5-7-13(12)11-17/h12-14H,2-11,16H2,1H3/t12?,13?,14-/m0/s1. The highest BCUT2D eigenvalue weighted by molar-refractivity contribution is 5.81. The van der Waals surface area contributed by atoms with Gasteiger partial charge in [-0.3, -0.25) is 4.79 Å². The van der Waals surface area contributed by atoms with Crippen molar-refractivity contribution in [2.75, 3.05) is 13.1 Å². The predicted octanol–water partition coefficient (Wildman–Crippen LogP) is 2.54. The number of amides is 1. The Kier molecular flexibility index (Phi) is 5.04. The van der Waals surface area contributed by atoms with Crippen molar-refractivity contribution in [3.63, 3.8) is 0 Å². The van der Waals surface area contributed by atoms with Gasteiger partial charge in [0.2, 0.25) is 5.91 Å². The number of hydrogen-bond donors (Lipinski definition) is 1. The molecule has 0 aromatic carbocycles. The van der Waals surface area contributed by atoms with Crippen LogP contribution in [0.2, 0.25) is 0 Å². The number of carbonyl (C=O) groups is 1. The molecule has 2 fully saturated rings. The third kappa shape index (κ3) is 3.25. The van der Waals surface area contributed by atoms with Gasteiger partial charge < -0.3 is 10.6 Å². The normalized spacial score (nSPS) is 29.8. The molecule has 0 aromatic heterocycles. The molecular formula is C15H28N2O. The van der Waals surface area contributed by atoms with E-state index in [0.717, 1.165) is 44.2 Å². The van der Waals surface area contributed by atoms with Crippen LogP contribution in [-0.4, -0.2) is 29.9 Å². The molecule has 0 spiro atoms. The topological polar surface area (TPSA) is 46.3 Å². The van der Waals surface area contributed by atoms with Gasteiger partial charge in [0.15, 0.2) is 0 Å². The lowest BCUT2D eigenvalue weighted by Gasteiger charge is -2.42. The van der Waals surface area contributed by atoms with E-state index < -0.39 is 0 Å². The number of nitrogens with zero attached hydrogens (tertiary/aromatic N) is 1. The Morgan fingerprint density at radius 2 is 2.00 bits per heavy atom. The highest BCUT2D eigenvalue weighted by Crippen LogP contribution is 2.36. The monoisotopic (exact) mass is 252 g/mol. The lowest BCUT2D eigenvalue weighted by Crippen LogP contribution is -2.50. The second-order valence-electron chi connectivity index (χ2n) is 6.13. The van der Waals surface area contributed by atoms with Crippen LogP contribution in [0.3, 0.4) is 0 Å². The van der Waals surface area contributed by atoms with Crippen molar-refractivity contribution in [3.8, 4) is 0 Å². The summed E-state index contributed by atoms with van der Waals surface area (Å²) in [6.45, 7) is 4.06. The molecule has 3 heteroatoms. The average molecular weight is 252 g/mol. The minimum absolute atomic E-state index is 0.201. The second kappa shape index (κ2) is 6.55. The zero-order chi connectivity index (χ0) is 13.0. The van der Waals surface area contributed by atoms with Gasteiger partial charge in [0.25, 0.3) is 0 Å². The Balaban J connectivity index is 1.84. The van der Waals surface area contributed by atoms with E-state index in [1.807, 2.05) is 4.90 Å². The first-order valence-corrected chi connectivity index (χ1v) is 7.76. The molecule has 3 atom stereocenters. The van der Waals surface area contributed by atoms with Crippen molar-refractivity contribution in [2.24, 2.45) is 17.6 Å². The predicted molar refractivity (Wildman–Crippen MR) is 74.1 cm³/mol. The van der Waals surface area contributed by atoms with Crippen molar-refractivity contribution in [3.05, 3.63) is 0 Å². The molecule has 1 aliphatic carbocycles. The summed E-state index contributed by atoms with van der Waals surface area (Å²) in [5.41, 5.74) is 6.01. The molecule has 2 rings (SSSR count). The van der Waals surface area contributed by atoms with Gasteiger partial charge in [-0.15, -0.1) is 0 Å². The lowest BCUT2D eigenvalue weighted by atomic mass is 9.75. The maximum absolute atomic E-state index is 12.3. The van der Waals surface area contributed by atoms with Gasteiger partial charge in [-0.25, -0.2) is 0 Å². The molecular weight excluding hydrogens is 224 g/mol. The highest BCUT2D eigenvalue weighted by atomic mass is 16.2. The fourth-order valence-corrected chi connectivity index (χ4v) is 3.58. The van der Waals surface area contributed by atoms with Crippen LogP contribution in [0.1, 0.15) is 58.3 Å². The summed E-state index contributed by atoms with van der Waals surface area (Å²) < 4.78 is 0. The highest BCUT2D eigenvalue weighted by Gasteiger charge is 2.33. The number of fused-ring (bicyclic) bond motifs is 1. The number of unbranched alkanes of at least 4 members (excludes halogenated alkanes) is 1. The molecule has 104 valence electrons. The van der Waals surface area contributed by atoms with Crippen LogP contribution in [0.5, 0.6) is 0 Å². The number of piperidine rings is 1. The quantitative estimate of drug-likeness (QED) is 0.835. The van der Waals surface area contributed by atoms with E-state index in [1.165, 1.54) is 32.1 Å². The first-order chi connectivity index (χ1) is 8.72. The summed E-state index contributed by atoms with van der Waals surface area (Å²) >= 11 is 0. The van der Waals surface area contributed by atoms with Crippen molar-refractivity contribution in [1.29, 1.82) is 0 Å². The van der Waals surface area contributed by atoms with Gasteiger partial charge in [-0.2, -0.15) is 0 Å². The zero-order valence-electron chi connectivity index (χ0n) is 11.7. The van der Waals surface area contributed by atoms with Crippen LogP contribution in [0.4, 0.5) is 0 Å². The molecule has 1 heterocycles. The van der Waals surface area contributed by atoms with E-state index in [-0.39, 0.29) is 11.9 Å². The number of hydrogen-bond acceptors (Lipinski definition) is 2. The van der Waals surface area contributed by atoms with Crippen molar-refractivity contribution < 1.29 is 4.79 Å². The first-order valence-electron chi connectivity index (χ1n) is 7.76. The zero-order valence-corrected chi connectivity index (χ0v) is 11.7. The van der Waals surface area contributed by atoms with E-state index in [1.54, 1.807) is 0 Å². The minimum atomic E-state index is -0.259. The Morgan fingerprint density at radius 3 is 2.72 bits per heavy atom. The SMILES string of the molecule is CCCC[C@H](N)C(=O)N1CCC2CCCCC2C1. The van der Waals surface area contributed by atoms with Gasteiger partial charge in [-0.1, -0.05) is 39.0 Å². The van der Waals surface area contributed by atoms with Crippen LogP contribution in [-0.2, 0) is 4.79 Å². The fourth-order valence-electron chi connectivity index (χ4n) is 3.58. The Morgan fingerprint density at radius 1 is 1.28 bits per heavy atom. The Labute approximate surface area is 111 Å². The van der Waals surface area contributed by atoms with Crippen molar-refractivity contribution in [2.45, 2.75) is 64.3 Å². The molecule has 1 aliphatic heterocycles. The molecule has 1 saturated carbocycles. The van der Waals surface area contributed by atoms with Gasteiger partial charge >= 0.3 is 0 Å². The average Bonchev–Trinajstić information content (AvgIpc) is 2.43. The summed E-state index contributed by atoms with van der Waals surface area (Å²) in [5.74, 6) is 1.84. The van der Waals surface area contributed by atoms with E-state index in [0.29, 0.717) is 0 Å². The van der Waals surface area contributed by atoms with Crippen LogP contribution >= 0.6 is 0 Å². The van der Waals surface area contributed by atoms with E-state index in [9.17, 15) is 4.79 Å². The van der Waals surface area contributed by atoms with Gasteiger partial charge in [-0.05, 0) is 31.1 Å². The summed E-state index contributed by atoms with van der Waals surface area (Å²) in [6, 6.07) is -0.259. The third-order valence-electron chi connectivity index (χ3n) is 4.79. The number of carbonyl (C=O) groups excluding carboxylic acids is 1. The van der Waals surface area contributed by atoms with E-state index in [2.05, 4.69) is 6.92 Å². The van der Waals surface area contributed by atoms with Gasteiger partial charge in [0.05, 0.1) is 6.04 Å². The summed E-state index contributed by atoms with van der Waals surface area (Å²) in [4.78, 5) is 14.3. The molecule has 3 nitrogen and oxygen atoms in total. The smallest absolute Gasteiger partial charge is 0.239 e. The van der Waals surface area contributed by atoms with Crippen LogP contribution in [0.15, 0.2) is 0 Å². The van der Waals surface area contributed by atoms with Crippen molar-refractivity contribution >= 4 is 5.91 Å². The summed E-state index contributed by atoms with van der Waals surface area (Å²) in [6.07, 6.45) is 9.68. The number of likely N-dealkylation sites (tertiary alicyclic amines) is 1. The molecule has 0 radical (unpaired) electrons. The molecule has 0 aromatic rings. The second-order valence-corrected chi connectivity index (χ2v) is 6.13. The summed E-state index contributed by atoms with van der Waals surface area (Å²) in [7, 11) is 0. The molecule has 2 unspecified atom stereocenters. The third-order valence-corrected chi connectivity index (χ3v) is 4.79. The molecule has 0 bridgehead atoms. The Bertz CT molecular complexity index is 280. The largest absolute Gasteiger partial charge is 0.341 e. The maximum atomic E-state index is 12.3. The van der Waals surface area contributed by atoms with Gasteiger partial charge in [0, 0.05) is 13.1 Å². The Hall–Kier alpha value is -0.570. The molecule has 2 N–H and O–H groups in total. The maximum Gasteiger partial charge on any atom is 0.239 e. The van der Waals surface area contributed by atoms with Crippen molar-refractivity contribution in [1.82, 2.24) is 4.90 Å². The van der Waals surface area contributed by atoms with Gasteiger partial charge in [0.1, 0.15) is 0 Å². The molecule has 2 aliphatic rings. The minimum Gasteiger partial charge on any atom is -0.341 e. The fraction of sp³-hybridized carbons (Fsp3) is 0.933. The molecule has 1 amide bonds. The first kappa shape index (κ1) is 13.9. The van der Waals surface area contributed by atoms with E-state index >= 15 is 0 Å². The van der Waals surface area contributed by atoms with E-state index in [4.69, 9.17) is 5.73 Å². The molecule has 18 heavy (non-hydrogen) atoms. The van der Waals surface area contributed by atoms with Crippen LogP contribution in [0, 0.1) is 11.8 Å². The molecule has 1 saturated heterocycles. The van der Waals surface area contributed by atoms with Crippen LogP contribution < -0.4 is 5.73 Å². The number of rotatable bonds is 4. The number of nitrogens with two attached hydrogens (primary N) is 1. The summed E-state index contributed by atoms with van der Waals surface area (Å²) in [5, 5.41) is 0. The van der Waals surface area contributed by atoms with Crippen LogP contribution in [0.25, 0.3) is 0 Å². The lowest BCUT2D eigenvalue weighted by molar-refractivity contribution is -0.135.